The van der Waals surface area contributed by atoms with E-state index in [2.05, 4.69) is 22.6 Å². The van der Waals surface area contributed by atoms with Crippen molar-refractivity contribution < 1.29 is 14.7 Å². The highest BCUT2D eigenvalue weighted by Gasteiger charge is 2.55. The third-order valence-electron chi connectivity index (χ3n) is 4.68. The Hall–Kier alpha value is -1.11. The minimum absolute atomic E-state index is 0.0450. The molecule has 5 heteroatoms. The Labute approximate surface area is 131 Å². The molecule has 0 radical (unpaired) electrons. The first-order valence-electron chi connectivity index (χ1n) is 6.81. The molecular weight excluding hydrogens is 369 g/mol. The van der Waals surface area contributed by atoms with Crippen molar-refractivity contribution in [2.24, 2.45) is 11.3 Å². The summed E-state index contributed by atoms with van der Waals surface area (Å²) in [5, 5.41) is 9.54. The van der Waals surface area contributed by atoms with E-state index in [0.29, 0.717) is 25.1 Å². The topological polar surface area (TPSA) is 57.6 Å². The van der Waals surface area contributed by atoms with E-state index in [1.165, 1.54) is 0 Å². The second-order valence-electron chi connectivity index (χ2n) is 5.74. The average Bonchev–Trinajstić information content (AvgIpc) is 2.96. The van der Waals surface area contributed by atoms with Crippen LogP contribution in [0.1, 0.15) is 29.6 Å². The van der Waals surface area contributed by atoms with Crippen molar-refractivity contribution in [1.82, 2.24) is 4.90 Å². The van der Waals surface area contributed by atoms with Gasteiger partial charge in [0.2, 0.25) is 0 Å². The van der Waals surface area contributed by atoms with E-state index in [-0.39, 0.29) is 11.8 Å². The van der Waals surface area contributed by atoms with Gasteiger partial charge in [0, 0.05) is 22.2 Å². The van der Waals surface area contributed by atoms with Crippen LogP contribution in [0.2, 0.25) is 0 Å². The molecule has 1 aromatic rings. The lowest BCUT2D eigenvalue weighted by Gasteiger charge is -2.23. The summed E-state index contributed by atoms with van der Waals surface area (Å²) in [6.07, 6.45) is 2.58. The quantitative estimate of drug-likeness (QED) is 0.797. The molecule has 1 aromatic carbocycles. The minimum Gasteiger partial charge on any atom is -0.481 e. The number of carbonyl (C=O) groups excluding carboxylic acids is 1. The number of likely N-dealkylation sites (tertiary alicyclic amines) is 1. The molecule has 20 heavy (non-hydrogen) atoms. The molecule has 0 spiro atoms. The zero-order chi connectivity index (χ0) is 14.3. The van der Waals surface area contributed by atoms with E-state index in [1.807, 2.05) is 24.3 Å². The molecule has 2 fully saturated rings. The Morgan fingerprint density at radius 3 is 2.60 bits per heavy atom. The number of fused-ring (bicyclic) bond motifs is 1. The molecule has 2 atom stereocenters. The molecule has 1 N–H and O–H groups in total. The Bertz CT molecular complexity index is 557. The van der Waals surface area contributed by atoms with Gasteiger partial charge in [-0.3, -0.25) is 9.59 Å². The smallest absolute Gasteiger partial charge is 0.311 e. The van der Waals surface area contributed by atoms with Crippen molar-refractivity contribution >= 4 is 34.5 Å². The summed E-state index contributed by atoms with van der Waals surface area (Å²) in [4.78, 5) is 25.8. The van der Waals surface area contributed by atoms with Gasteiger partial charge in [0.25, 0.3) is 5.91 Å². The number of nitrogens with zero attached hydrogens (tertiary/aromatic N) is 1. The Morgan fingerprint density at radius 2 is 2.00 bits per heavy atom. The number of carboxylic acid groups (broad SMARTS) is 1. The molecule has 2 aliphatic rings. The molecule has 1 saturated heterocycles. The molecule has 1 aliphatic heterocycles. The van der Waals surface area contributed by atoms with Gasteiger partial charge < -0.3 is 10.0 Å². The molecular formula is C15H16INO3. The highest BCUT2D eigenvalue weighted by atomic mass is 127. The molecule has 1 saturated carbocycles. The van der Waals surface area contributed by atoms with E-state index in [9.17, 15) is 14.7 Å². The molecule has 0 aromatic heterocycles. The SMILES string of the molecule is O=C(c1ccc(I)cc1)N1C[C@@H]2CCC[C@@]2(C(=O)O)C1. The average molecular weight is 385 g/mol. The van der Waals surface area contributed by atoms with Gasteiger partial charge in [-0.05, 0) is 65.6 Å². The normalized spacial score (nSPS) is 28.4. The van der Waals surface area contributed by atoms with E-state index in [1.54, 1.807) is 4.90 Å². The van der Waals surface area contributed by atoms with Crippen LogP contribution in [0.3, 0.4) is 0 Å². The summed E-state index contributed by atoms with van der Waals surface area (Å²) in [7, 11) is 0. The number of carboxylic acids is 1. The van der Waals surface area contributed by atoms with Gasteiger partial charge in [-0.2, -0.15) is 0 Å². The fourth-order valence-electron chi connectivity index (χ4n) is 3.57. The van der Waals surface area contributed by atoms with Gasteiger partial charge >= 0.3 is 5.97 Å². The fraction of sp³-hybridized carbons (Fsp3) is 0.467. The molecule has 0 unspecified atom stereocenters. The van der Waals surface area contributed by atoms with E-state index < -0.39 is 11.4 Å². The molecule has 1 amide bonds. The largest absolute Gasteiger partial charge is 0.481 e. The van der Waals surface area contributed by atoms with Crippen LogP contribution in [-0.4, -0.2) is 35.0 Å². The Balaban J connectivity index is 1.82. The first-order valence-corrected chi connectivity index (χ1v) is 7.89. The summed E-state index contributed by atoms with van der Waals surface area (Å²) in [6.45, 7) is 0.939. The maximum absolute atomic E-state index is 12.5. The van der Waals surface area contributed by atoms with Gasteiger partial charge in [0.1, 0.15) is 0 Å². The standard InChI is InChI=1S/C15H16INO3/c16-12-5-3-10(4-6-12)13(18)17-8-11-2-1-7-15(11,9-17)14(19)20/h3-6,11H,1-2,7-9H2,(H,19,20)/t11-,15+/m0/s1. The number of rotatable bonds is 2. The van der Waals surface area contributed by atoms with Crippen molar-refractivity contribution in [3.63, 3.8) is 0 Å². The van der Waals surface area contributed by atoms with Crippen LogP contribution in [0.5, 0.6) is 0 Å². The molecule has 4 nitrogen and oxygen atoms in total. The van der Waals surface area contributed by atoms with Crippen molar-refractivity contribution in [1.29, 1.82) is 0 Å². The van der Waals surface area contributed by atoms with Gasteiger partial charge in [0.05, 0.1) is 5.41 Å². The van der Waals surface area contributed by atoms with Crippen LogP contribution in [0, 0.1) is 14.9 Å². The number of carbonyl (C=O) groups is 2. The Kier molecular flexibility index (Phi) is 3.48. The number of amides is 1. The van der Waals surface area contributed by atoms with Crippen LogP contribution >= 0.6 is 22.6 Å². The third kappa shape index (κ3) is 2.12. The molecule has 1 aliphatic carbocycles. The van der Waals surface area contributed by atoms with E-state index in [0.717, 1.165) is 16.4 Å². The molecule has 106 valence electrons. The van der Waals surface area contributed by atoms with Crippen molar-refractivity contribution in [3.8, 4) is 0 Å². The predicted octanol–water partition coefficient (Wildman–Crippen LogP) is 2.62. The summed E-state index contributed by atoms with van der Waals surface area (Å²) >= 11 is 2.20. The lowest BCUT2D eigenvalue weighted by Crippen LogP contribution is -2.37. The maximum Gasteiger partial charge on any atom is 0.311 e. The summed E-state index contributed by atoms with van der Waals surface area (Å²) < 4.78 is 1.08. The highest BCUT2D eigenvalue weighted by molar-refractivity contribution is 14.1. The second-order valence-corrected chi connectivity index (χ2v) is 6.99. The number of hydrogen-bond donors (Lipinski definition) is 1. The van der Waals surface area contributed by atoms with Gasteiger partial charge in [-0.15, -0.1) is 0 Å². The van der Waals surface area contributed by atoms with Crippen LogP contribution in [0.15, 0.2) is 24.3 Å². The number of aliphatic carboxylic acids is 1. The van der Waals surface area contributed by atoms with Gasteiger partial charge in [0.15, 0.2) is 0 Å². The summed E-state index contributed by atoms with van der Waals surface area (Å²) in [6, 6.07) is 7.42. The van der Waals surface area contributed by atoms with Crippen molar-refractivity contribution in [2.45, 2.75) is 19.3 Å². The zero-order valence-electron chi connectivity index (χ0n) is 11.0. The second kappa shape index (κ2) is 5.02. The minimum atomic E-state index is -0.738. The maximum atomic E-state index is 12.5. The lowest BCUT2D eigenvalue weighted by molar-refractivity contribution is -0.149. The number of halogens is 1. The third-order valence-corrected chi connectivity index (χ3v) is 5.39. The van der Waals surface area contributed by atoms with E-state index in [4.69, 9.17) is 0 Å². The molecule has 3 rings (SSSR count). The molecule has 0 bridgehead atoms. The first-order chi connectivity index (χ1) is 9.53. The predicted molar refractivity (Wildman–Crippen MR) is 82.5 cm³/mol. The van der Waals surface area contributed by atoms with Crippen molar-refractivity contribution in [2.75, 3.05) is 13.1 Å². The lowest BCUT2D eigenvalue weighted by atomic mass is 9.81. The van der Waals surface area contributed by atoms with Gasteiger partial charge in [-0.1, -0.05) is 6.42 Å². The zero-order valence-corrected chi connectivity index (χ0v) is 13.2. The Morgan fingerprint density at radius 1 is 1.30 bits per heavy atom. The van der Waals surface area contributed by atoms with Crippen LogP contribution in [0.25, 0.3) is 0 Å². The van der Waals surface area contributed by atoms with Crippen molar-refractivity contribution in [3.05, 3.63) is 33.4 Å². The van der Waals surface area contributed by atoms with Gasteiger partial charge in [-0.25, -0.2) is 0 Å². The first kappa shape index (κ1) is 13.9. The van der Waals surface area contributed by atoms with Crippen LogP contribution in [-0.2, 0) is 4.79 Å². The fourth-order valence-corrected chi connectivity index (χ4v) is 3.93. The van der Waals surface area contributed by atoms with Crippen LogP contribution in [0.4, 0.5) is 0 Å². The summed E-state index contributed by atoms with van der Waals surface area (Å²) in [5.74, 6) is -0.665. The monoisotopic (exact) mass is 385 g/mol. The number of hydrogen-bond acceptors (Lipinski definition) is 2. The van der Waals surface area contributed by atoms with E-state index >= 15 is 0 Å². The molecule has 1 heterocycles. The summed E-state index contributed by atoms with van der Waals surface area (Å²) in [5.41, 5.74) is -0.0512. The highest BCUT2D eigenvalue weighted by Crippen LogP contribution is 2.49. The van der Waals surface area contributed by atoms with Crippen LogP contribution < -0.4 is 0 Å². The number of benzene rings is 1.